The van der Waals surface area contributed by atoms with Crippen molar-refractivity contribution in [2.24, 2.45) is 0 Å². The zero-order chi connectivity index (χ0) is 3.58. The fourth-order valence-electron chi connectivity index (χ4n) is 0. The van der Waals surface area contributed by atoms with Gasteiger partial charge in [0.2, 0.25) is 0 Å². The van der Waals surface area contributed by atoms with Gasteiger partial charge < -0.3 is 10.2 Å². The fourth-order valence-corrected chi connectivity index (χ4v) is 0. The van der Waals surface area contributed by atoms with Crippen molar-refractivity contribution in [3.05, 3.63) is 0 Å². The Labute approximate surface area is 75.5 Å². The standard InChI is InChI=1S/CH2O3.Ca.Cr.2H/c2-1(3)4;;;;/h(H2,2,3,4);;;;. The molecule has 0 aliphatic rings. The van der Waals surface area contributed by atoms with Crippen LogP contribution in [0, 0.1) is 0 Å². The normalized spacial score (nSPS) is 4.00. The van der Waals surface area contributed by atoms with Gasteiger partial charge in [0.15, 0.2) is 0 Å². The summed E-state index contributed by atoms with van der Waals surface area (Å²) in [7, 11) is 0. The molecule has 0 aromatic heterocycles. The van der Waals surface area contributed by atoms with Crippen LogP contribution in [0.1, 0.15) is 0 Å². The third-order valence-electron chi connectivity index (χ3n) is 0. The molecule has 0 bridgehead atoms. The average molecular weight is 156 g/mol. The molecule has 5 heteroatoms. The molecule has 2 N–H and O–H groups in total. The molecule has 3 nitrogen and oxygen atoms in total. The first kappa shape index (κ1) is 15.7. The van der Waals surface area contributed by atoms with Crippen LogP contribution in [0.5, 0.6) is 0 Å². The van der Waals surface area contributed by atoms with E-state index in [-0.39, 0.29) is 55.1 Å². The van der Waals surface area contributed by atoms with Gasteiger partial charge in [0, 0.05) is 17.4 Å². The smallest absolute Gasteiger partial charge is 0 e. The third kappa shape index (κ3) is 74.0. The summed E-state index contributed by atoms with van der Waals surface area (Å²) >= 11 is 0. The van der Waals surface area contributed by atoms with Gasteiger partial charge in [-0.15, -0.1) is 0 Å². The molecule has 34 valence electrons. The molecular formula is CH4CaCrO3. The molecule has 6 heavy (non-hydrogen) atoms. The van der Waals surface area contributed by atoms with E-state index < -0.39 is 6.16 Å². The van der Waals surface area contributed by atoms with E-state index in [1.54, 1.807) is 0 Å². The Morgan fingerprint density at radius 1 is 1.33 bits per heavy atom. The summed E-state index contributed by atoms with van der Waals surface area (Å²) in [5.41, 5.74) is 0. The number of carbonyl (C=O) groups is 1. The second kappa shape index (κ2) is 9.41. The number of hydrogen-bond acceptors (Lipinski definition) is 1. The van der Waals surface area contributed by atoms with E-state index >= 15 is 0 Å². The molecular weight excluding hydrogens is 152 g/mol. The summed E-state index contributed by atoms with van der Waals surface area (Å²) in [6.07, 6.45) is -1.83. The molecule has 0 heterocycles. The van der Waals surface area contributed by atoms with Gasteiger partial charge in [-0.2, -0.15) is 0 Å². The monoisotopic (exact) mass is 156 g/mol. The SMILES string of the molecule is O=C(O)O.[CaH2].[Cr]. The molecule has 0 unspecified atom stereocenters. The van der Waals surface area contributed by atoms with Gasteiger partial charge in [-0.3, -0.25) is 0 Å². The van der Waals surface area contributed by atoms with Gasteiger partial charge in [0.05, 0.1) is 0 Å². The Balaban J connectivity index is -0.0000000450. The summed E-state index contributed by atoms with van der Waals surface area (Å²) in [4.78, 5) is 8.56. The first-order chi connectivity index (χ1) is 1.73. The first-order valence-electron chi connectivity index (χ1n) is 0.651. The van der Waals surface area contributed by atoms with Crippen molar-refractivity contribution in [3.8, 4) is 0 Å². The van der Waals surface area contributed by atoms with Crippen molar-refractivity contribution in [1.82, 2.24) is 0 Å². The summed E-state index contributed by atoms with van der Waals surface area (Å²) in [6, 6.07) is 0. The minimum absolute atomic E-state index is 0. The molecule has 0 aliphatic heterocycles. The molecule has 0 atom stereocenters. The van der Waals surface area contributed by atoms with Crippen LogP contribution in [0.15, 0.2) is 0 Å². The molecule has 0 aromatic rings. The predicted molar refractivity (Wildman–Crippen MR) is 19.2 cm³/mol. The van der Waals surface area contributed by atoms with Crippen molar-refractivity contribution in [1.29, 1.82) is 0 Å². The maximum Gasteiger partial charge on any atom is 0 e. The Morgan fingerprint density at radius 2 is 1.33 bits per heavy atom. The minimum Gasteiger partial charge on any atom is 0 e. The van der Waals surface area contributed by atoms with Crippen LogP contribution in [0.3, 0.4) is 0 Å². The first-order valence-corrected chi connectivity index (χ1v) is 0.651. The molecule has 0 saturated heterocycles. The van der Waals surface area contributed by atoms with Crippen LogP contribution in [0.2, 0.25) is 0 Å². The Morgan fingerprint density at radius 3 is 1.33 bits per heavy atom. The minimum atomic E-state index is -1.83. The van der Waals surface area contributed by atoms with Crippen LogP contribution >= 0.6 is 0 Å². The van der Waals surface area contributed by atoms with E-state index in [1.165, 1.54) is 0 Å². The van der Waals surface area contributed by atoms with Crippen molar-refractivity contribution >= 4 is 43.9 Å². The number of carboxylic acid groups (broad SMARTS) is 2. The largest absolute Gasteiger partial charge is 0 e. The van der Waals surface area contributed by atoms with E-state index in [0.717, 1.165) is 0 Å². The van der Waals surface area contributed by atoms with E-state index in [9.17, 15) is 0 Å². The van der Waals surface area contributed by atoms with E-state index in [0.29, 0.717) is 0 Å². The van der Waals surface area contributed by atoms with Crippen LogP contribution in [-0.2, 0) is 17.4 Å². The third-order valence-corrected chi connectivity index (χ3v) is 0. The van der Waals surface area contributed by atoms with E-state index in [2.05, 4.69) is 0 Å². The van der Waals surface area contributed by atoms with Gasteiger partial charge in [-0.1, -0.05) is 0 Å². The number of rotatable bonds is 0. The van der Waals surface area contributed by atoms with Gasteiger partial charge in [-0.05, 0) is 0 Å². The van der Waals surface area contributed by atoms with Gasteiger partial charge in [0.25, 0.3) is 0 Å². The van der Waals surface area contributed by atoms with Crippen LogP contribution < -0.4 is 0 Å². The molecule has 0 rings (SSSR count). The van der Waals surface area contributed by atoms with Gasteiger partial charge in [0.1, 0.15) is 0 Å². The summed E-state index contributed by atoms with van der Waals surface area (Å²) < 4.78 is 0. The van der Waals surface area contributed by atoms with Gasteiger partial charge in [-0.25, -0.2) is 4.79 Å². The maximum absolute atomic E-state index is 8.56. The van der Waals surface area contributed by atoms with E-state index in [1.807, 2.05) is 0 Å². The van der Waals surface area contributed by atoms with Gasteiger partial charge >= 0.3 is 43.9 Å². The van der Waals surface area contributed by atoms with E-state index in [4.69, 9.17) is 15.0 Å². The predicted octanol–water partition coefficient (Wildman–Crippen LogP) is -0.696. The molecule has 0 saturated carbocycles. The average Bonchev–Trinajstić information content (AvgIpc) is 0.811. The molecule has 0 aromatic carbocycles. The molecule has 0 aliphatic carbocycles. The second-order valence-electron chi connectivity index (χ2n) is 0.283. The summed E-state index contributed by atoms with van der Waals surface area (Å²) in [5, 5.41) is 13.9. The summed E-state index contributed by atoms with van der Waals surface area (Å²) in [6.45, 7) is 0. The Hall–Kier alpha value is 1.06. The fraction of sp³-hybridized carbons (Fsp3) is 0. The quantitative estimate of drug-likeness (QED) is 0.456. The molecule has 0 spiro atoms. The van der Waals surface area contributed by atoms with Crippen molar-refractivity contribution in [3.63, 3.8) is 0 Å². The van der Waals surface area contributed by atoms with Crippen LogP contribution in [-0.4, -0.2) is 54.1 Å². The number of hydrogen-bond donors (Lipinski definition) is 2. The van der Waals surface area contributed by atoms with Crippen molar-refractivity contribution in [2.75, 3.05) is 0 Å². The van der Waals surface area contributed by atoms with Crippen molar-refractivity contribution < 1.29 is 32.4 Å². The second-order valence-corrected chi connectivity index (χ2v) is 0.283. The summed E-state index contributed by atoms with van der Waals surface area (Å²) in [5.74, 6) is 0. The molecule has 0 amide bonds. The topological polar surface area (TPSA) is 57.5 Å². The molecule has 0 fully saturated rings. The Kier molecular flexibility index (Phi) is 24.7. The zero-order valence-electron chi connectivity index (χ0n) is 2.21. The molecule has 0 radical (unpaired) electrons. The van der Waals surface area contributed by atoms with Crippen molar-refractivity contribution in [2.45, 2.75) is 0 Å². The Bertz CT molecular complexity index is 33.8. The zero-order valence-corrected chi connectivity index (χ0v) is 3.49. The van der Waals surface area contributed by atoms with Crippen LogP contribution in [0.4, 0.5) is 4.79 Å². The maximum atomic E-state index is 8.56. The van der Waals surface area contributed by atoms with Crippen LogP contribution in [0.25, 0.3) is 0 Å².